The molecule has 110 valence electrons. The van der Waals surface area contributed by atoms with Gasteiger partial charge in [0.2, 0.25) is 5.91 Å². The van der Waals surface area contributed by atoms with Gasteiger partial charge in [-0.05, 0) is 38.3 Å². The van der Waals surface area contributed by atoms with Crippen LogP contribution in [0.15, 0.2) is 16.5 Å². The zero-order valence-corrected chi connectivity index (χ0v) is 12.1. The summed E-state index contributed by atoms with van der Waals surface area (Å²) in [6.07, 6.45) is 1.88. The molecule has 1 heterocycles. The van der Waals surface area contributed by atoms with E-state index in [-0.39, 0.29) is 12.3 Å². The molecule has 2 unspecified atom stereocenters. The Morgan fingerprint density at radius 2 is 2.10 bits per heavy atom. The van der Waals surface area contributed by atoms with Gasteiger partial charge in [-0.3, -0.25) is 4.79 Å². The highest BCUT2D eigenvalue weighted by Gasteiger charge is 2.36. The number of aryl methyl sites for hydroxylation is 1. The third-order valence-corrected chi connectivity index (χ3v) is 3.74. The van der Waals surface area contributed by atoms with Crippen LogP contribution in [-0.2, 0) is 16.0 Å². The molecule has 1 aromatic heterocycles. The van der Waals surface area contributed by atoms with E-state index in [2.05, 4.69) is 12.2 Å². The Kier molecular flexibility index (Phi) is 3.88. The van der Waals surface area contributed by atoms with E-state index in [0.717, 1.165) is 11.5 Å². The monoisotopic (exact) mass is 279 g/mol. The molecule has 1 aliphatic carbocycles. The summed E-state index contributed by atoms with van der Waals surface area (Å²) in [7, 11) is 0. The molecule has 5 heteroatoms. The van der Waals surface area contributed by atoms with Crippen LogP contribution in [0.2, 0.25) is 0 Å². The van der Waals surface area contributed by atoms with E-state index in [1.807, 2.05) is 12.1 Å². The van der Waals surface area contributed by atoms with Gasteiger partial charge in [-0.15, -0.1) is 0 Å². The summed E-state index contributed by atoms with van der Waals surface area (Å²) >= 11 is 0. The first kappa shape index (κ1) is 14.6. The number of nitrogens with one attached hydrogen (secondary N) is 1. The first-order chi connectivity index (χ1) is 9.29. The molecule has 2 rings (SSSR count). The highest BCUT2D eigenvalue weighted by atomic mass is 16.4. The topological polar surface area (TPSA) is 79.5 Å². The van der Waals surface area contributed by atoms with E-state index in [1.54, 1.807) is 0 Å². The van der Waals surface area contributed by atoms with Crippen molar-refractivity contribution < 1.29 is 19.1 Å². The number of furan rings is 1. The van der Waals surface area contributed by atoms with Crippen LogP contribution in [-0.4, -0.2) is 22.5 Å². The summed E-state index contributed by atoms with van der Waals surface area (Å²) in [5, 5.41) is 11.4. The molecule has 0 saturated heterocycles. The molecule has 1 aromatic rings. The van der Waals surface area contributed by atoms with Crippen LogP contribution in [0.25, 0.3) is 0 Å². The maximum absolute atomic E-state index is 11.7. The summed E-state index contributed by atoms with van der Waals surface area (Å²) in [5.41, 5.74) is -1.24. The summed E-state index contributed by atoms with van der Waals surface area (Å²) < 4.78 is 5.71. The van der Waals surface area contributed by atoms with Crippen LogP contribution in [0, 0.1) is 5.92 Å². The van der Waals surface area contributed by atoms with Gasteiger partial charge in [-0.2, -0.15) is 0 Å². The number of hydrogen-bond donors (Lipinski definition) is 2. The van der Waals surface area contributed by atoms with Crippen molar-refractivity contribution in [3.05, 3.63) is 23.7 Å². The van der Waals surface area contributed by atoms with Gasteiger partial charge in [-0.1, -0.05) is 6.92 Å². The van der Waals surface area contributed by atoms with Crippen molar-refractivity contribution in [2.45, 2.75) is 51.5 Å². The minimum Gasteiger partial charge on any atom is -0.480 e. The van der Waals surface area contributed by atoms with Crippen molar-refractivity contribution in [2.75, 3.05) is 0 Å². The Morgan fingerprint density at radius 3 is 2.65 bits per heavy atom. The average molecular weight is 279 g/mol. The quantitative estimate of drug-likeness (QED) is 0.837. The highest BCUT2D eigenvalue weighted by Crippen LogP contribution is 2.47. The number of carboxylic acids is 1. The molecule has 0 bridgehead atoms. The highest BCUT2D eigenvalue weighted by molar-refractivity contribution is 5.86. The molecule has 1 amide bonds. The Labute approximate surface area is 118 Å². The second-order valence-corrected chi connectivity index (χ2v) is 6.10. The smallest absolute Gasteiger partial charge is 0.328 e. The van der Waals surface area contributed by atoms with Gasteiger partial charge in [-0.25, -0.2) is 4.79 Å². The van der Waals surface area contributed by atoms with Crippen molar-refractivity contribution in [1.82, 2.24) is 5.32 Å². The lowest BCUT2D eigenvalue weighted by Crippen LogP contribution is -2.49. The van der Waals surface area contributed by atoms with E-state index in [4.69, 9.17) is 9.52 Å². The second-order valence-electron chi connectivity index (χ2n) is 6.10. The maximum Gasteiger partial charge on any atom is 0.328 e. The minimum atomic E-state index is -1.24. The number of carboxylic acid groups (broad SMARTS) is 1. The zero-order valence-electron chi connectivity index (χ0n) is 12.1. The van der Waals surface area contributed by atoms with Crippen molar-refractivity contribution in [1.29, 1.82) is 0 Å². The zero-order chi connectivity index (χ0) is 14.9. The summed E-state index contributed by atoms with van der Waals surface area (Å²) in [6, 6.07) is 3.87. The largest absolute Gasteiger partial charge is 0.480 e. The molecule has 0 aromatic carbocycles. The Hall–Kier alpha value is -1.78. The lowest BCUT2D eigenvalue weighted by molar-refractivity contribution is -0.146. The van der Waals surface area contributed by atoms with Crippen molar-refractivity contribution in [3.63, 3.8) is 0 Å². The number of hydrogen-bond acceptors (Lipinski definition) is 3. The Bertz CT molecular complexity index is 518. The molecule has 0 radical (unpaired) electrons. The van der Waals surface area contributed by atoms with Gasteiger partial charge >= 0.3 is 5.97 Å². The number of rotatable bonds is 6. The predicted molar refractivity (Wildman–Crippen MR) is 73.4 cm³/mol. The molecule has 20 heavy (non-hydrogen) atoms. The van der Waals surface area contributed by atoms with Gasteiger partial charge in [0.25, 0.3) is 0 Å². The molecular formula is C15H21NO4. The molecule has 2 N–H and O–H groups in total. The number of amides is 1. The van der Waals surface area contributed by atoms with Gasteiger partial charge < -0.3 is 14.8 Å². The molecule has 1 saturated carbocycles. The third-order valence-electron chi connectivity index (χ3n) is 3.74. The van der Waals surface area contributed by atoms with Gasteiger partial charge in [0, 0.05) is 18.8 Å². The number of aliphatic carboxylic acids is 1. The summed E-state index contributed by atoms with van der Waals surface area (Å²) in [4.78, 5) is 22.6. The van der Waals surface area contributed by atoms with Crippen LogP contribution >= 0.6 is 0 Å². The Balaban J connectivity index is 1.81. The van der Waals surface area contributed by atoms with E-state index < -0.39 is 11.5 Å². The third kappa shape index (κ3) is 3.40. The average Bonchev–Trinajstić information content (AvgIpc) is 2.90. The molecule has 2 atom stereocenters. The predicted octanol–water partition coefficient (Wildman–Crippen LogP) is 2.31. The maximum atomic E-state index is 11.7. The SMILES string of the molecule is CC1CC1c1ccc(CCC(=O)NC(C)(C)C(=O)O)o1. The van der Waals surface area contributed by atoms with Crippen LogP contribution in [0.1, 0.15) is 51.1 Å². The van der Waals surface area contributed by atoms with Gasteiger partial charge in [0.15, 0.2) is 0 Å². The van der Waals surface area contributed by atoms with Crippen LogP contribution in [0.3, 0.4) is 0 Å². The lowest BCUT2D eigenvalue weighted by atomic mass is 10.1. The molecule has 1 aliphatic rings. The molecule has 0 spiro atoms. The Morgan fingerprint density at radius 1 is 1.45 bits per heavy atom. The van der Waals surface area contributed by atoms with E-state index in [9.17, 15) is 9.59 Å². The summed E-state index contributed by atoms with van der Waals surface area (Å²) in [6.45, 7) is 5.12. The van der Waals surface area contributed by atoms with Crippen molar-refractivity contribution >= 4 is 11.9 Å². The van der Waals surface area contributed by atoms with Crippen LogP contribution in [0.5, 0.6) is 0 Å². The van der Waals surface area contributed by atoms with E-state index in [1.165, 1.54) is 20.3 Å². The standard InChI is InChI=1S/C15H21NO4/c1-9-8-11(9)12-6-4-10(20-12)5-7-13(17)16-15(2,3)14(18)19/h4,6,9,11H,5,7-8H2,1-3H3,(H,16,17)(H,18,19). The molecular weight excluding hydrogens is 258 g/mol. The van der Waals surface area contributed by atoms with E-state index >= 15 is 0 Å². The fourth-order valence-electron chi connectivity index (χ4n) is 2.15. The van der Waals surface area contributed by atoms with Gasteiger partial charge in [0.05, 0.1) is 0 Å². The number of carbonyl (C=O) groups excluding carboxylic acids is 1. The molecule has 0 aliphatic heterocycles. The minimum absolute atomic E-state index is 0.226. The van der Waals surface area contributed by atoms with Crippen LogP contribution < -0.4 is 5.32 Å². The lowest BCUT2D eigenvalue weighted by Gasteiger charge is -2.20. The first-order valence-corrected chi connectivity index (χ1v) is 6.92. The molecule has 1 fully saturated rings. The first-order valence-electron chi connectivity index (χ1n) is 6.92. The molecule has 5 nitrogen and oxygen atoms in total. The van der Waals surface area contributed by atoms with Crippen molar-refractivity contribution in [3.8, 4) is 0 Å². The fraction of sp³-hybridized carbons (Fsp3) is 0.600. The number of carbonyl (C=O) groups is 2. The van der Waals surface area contributed by atoms with E-state index in [0.29, 0.717) is 18.3 Å². The van der Waals surface area contributed by atoms with Crippen LogP contribution in [0.4, 0.5) is 0 Å². The normalized spacial score (nSPS) is 21.6. The fourth-order valence-corrected chi connectivity index (χ4v) is 2.15. The second kappa shape index (κ2) is 5.31. The summed E-state index contributed by atoms with van der Waals surface area (Å²) in [5.74, 6) is 1.67. The van der Waals surface area contributed by atoms with Crippen molar-refractivity contribution in [2.24, 2.45) is 5.92 Å². The van der Waals surface area contributed by atoms with Gasteiger partial charge in [0.1, 0.15) is 17.1 Å².